The van der Waals surface area contributed by atoms with Gasteiger partial charge in [-0.3, -0.25) is 9.52 Å². The molecule has 0 radical (unpaired) electrons. The fraction of sp³-hybridized carbons (Fsp3) is 0.564. The average molecular weight is 660 g/mol. The second-order valence-corrected chi connectivity index (χ2v) is 17.3. The van der Waals surface area contributed by atoms with E-state index in [1.54, 1.807) is 0 Å². The van der Waals surface area contributed by atoms with Crippen molar-refractivity contribution in [3.05, 3.63) is 64.7 Å². The molecule has 2 N–H and O–H groups in total. The van der Waals surface area contributed by atoms with E-state index in [0.717, 1.165) is 86.6 Å². The maximum Gasteiger partial charge on any atom is 0.242 e. The number of carbonyl (C=O) groups is 1. The van der Waals surface area contributed by atoms with Crippen LogP contribution in [0.2, 0.25) is 5.02 Å². The largest absolute Gasteiger partial charge is 0.377 e. The molecule has 7 heteroatoms. The third kappa shape index (κ3) is 4.91. The Morgan fingerprint density at radius 1 is 0.957 bits per heavy atom. The van der Waals surface area contributed by atoms with Gasteiger partial charge in [0.2, 0.25) is 10.0 Å². The zero-order chi connectivity index (χ0) is 32.3. The summed E-state index contributed by atoms with van der Waals surface area (Å²) in [5, 5.41) is 11.8. The first-order chi connectivity index (χ1) is 22.1. The highest BCUT2D eigenvalue weighted by molar-refractivity contribution is 7.94. The van der Waals surface area contributed by atoms with Crippen molar-refractivity contribution in [2.75, 3.05) is 4.72 Å². The highest BCUT2D eigenvalue weighted by Crippen LogP contribution is 2.66. The zero-order valence-corrected chi connectivity index (χ0v) is 28.4. The number of halogens is 1. The smallest absolute Gasteiger partial charge is 0.242 e. The Hall–Kier alpha value is -2.59. The second kappa shape index (κ2) is 11.8. The summed E-state index contributed by atoms with van der Waals surface area (Å²) in [7, 11) is -3.35. The summed E-state index contributed by atoms with van der Waals surface area (Å²) in [6.07, 6.45) is 21.3. The molecule has 0 bridgehead atoms. The summed E-state index contributed by atoms with van der Waals surface area (Å²) in [6, 6.07) is 13.5. The highest BCUT2D eigenvalue weighted by atomic mass is 35.5. The van der Waals surface area contributed by atoms with E-state index in [1.807, 2.05) is 48.5 Å². The van der Waals surface area contributed by atoms with Gasteiger partial charge in [-0.2, -0.15) is 0 Å². The van der Waals surface area contributed by atoms with Gasteiger partial charge in [-0.05, 0) is 135 Å². The quantitative estimate of drug-likeness (QED) is 0.316. The molecule has 5 aliphatic carbocycles. The predicted molar refractivity (Wildman–Crippen MR) is 185 cm³/mol. The molecule has 2 aromatic rings. The number of benzene rings is 2. The van der Waals surface area contributed by atoms with Gasteiger partial charge in [-0.1, -0.05) is 67.5 Å². The van der Waals surface area contributed by atoms with Crippen LogP contribution in [0.15, 0.2) is 54.1 Å². The van der Waals surface area contributed by atoms with Gasteiger partial charge in [-0.15, -0.1) is 6.42 Å². The van der Waals surface area contributed by atoms with Crippen molar-refractivity contribution in [3.63, 3.8) is 0 Å². The van der Waals surface area contributed by atoms with Crippen LogP contribution in [0.5, 0.6) is 0 Å². The van der Waals surface area contributed by atoms with Crippen molar-refractivity contribution < 1.29 is 18.3 Å². The normalized spacial score (nSPS) is 34.8. The third-order valence-corrected chi connectivity index (χ3v) is 15.5. The van der Waals surface area contributed by atoms with E-state index in [-0.39, 0.29) is 5.41 Å². The summed E-state index contributed by atoms with van der Waals surface area (Å²) in [5.41, 5.74) is 4.15. The molecule has 1 spiro atoms. The van der Waals surface area contributed by atoms with Crippen LogP contribution in [0.4, 0.5) is 5.69 Å². The van der Waals surface area contributed by atoms with Crippen molar-refractivity contribution in [3.8, 4) is 23.5 Å². The number of nitrogens with one attached hydrogen (secondary N) is 1. The maximum atomic E-state index is 12.8. The summed E-state index contributed by atoms with van der Waals surface area (Å²) in [5.74, 6) is 5.73. The molecule has 4 fully saturated rings. The van der Waals surface area contributed by atoms with E-state index in [4.69, 9.17) is 18.0 Å². The molecule has 0 aromatic heterocycles. The first-order valence-corrected chi connectivity index (χ1v) is 19.3. The lowest BCUT2D eigenvalue weighted by Gasteiger charge is -2.55. The van der Waals surface area contributed by atoms with Crippen LogP contribution >= 0.6 is 11.6 Å². The van der Waals surface area contributed by atoms with Gasteiger partial charge in [0.25, 0.3) is 0 Å². The predicted octanol–water partition coefficient (Wildman–Crippen LogP) is 8.80. The van der Waals surface area contributed by atoms with Gasteiger partial charge in [0.15, 0.2) is 5.78 Å². The van der Waals surface area contributed by atoms with Gasteiger partial charge >= 0.3 is 0 Å². The first-order valence-electron chi connectivity index (χ1n) is 17.4. The van der Waals surface area contributed by atoms with Gasteiger partial charge < -0.3 is 5.11 Å². The molecule has 4 saturated carbocycles. The summed E-state index contributed by atoms with van der Waals surface area (Å²) in [4.78, 5) is 11.8. The van der Waals surface area contributed by atoms with Crippen molar-refractivity contribution in [2.45, 2.75) is 107 Å². The summed E-state index contributed by atoms with van der Waals surface area (Å²) >= 11 is 6.09. The monoisotopic (exact) mass is 659 g/mol. The molecule has 0 saturated heterocycles. The number of ketones is 1. The van der Waals surface area contributed by atoms with E-state index in [1.165, 1.54) is 18.4 Å². The number of allylic oxidation sites excluding steroid dienone is 1. The van der Waals surface area contributed by atoms with Crippen LogP contribution in [0.25, 0.3) is 11.1 Å². The van der Waals surface area contributed by atoms with Crippen LogP contribution in [-0.4, -0.2) is 24.9 Å². The third-order valence-electron chi connectivity index (χ3n) is 13.1. The number of carbonyl (C=O) groups excluding carboxylic acids is 1. The highest BCUT2D eigenvalue weighted by Gasteiger charge is 2.63. The Bertz CT molecular complexity index is 1720. The van der Waals surface area contributed by atoms with Crippen LogP contribution < -0.4 is 4.72 Å². The van der Waals surface area contributed by atoms with Gasteiger partial charge in [0.1, 0.15) is 10.3 Å². The Balaban J connectivity index is 0.000000147. The van der Waals surface area contributed by atoms with Gasteiger partial charge in [0, 0.05) is 16.9 Å². The number of hydrogen-bond donors (Lipinski definition) is 2. The Kier molecular flexibility index (Phi) is 8.22. The lowest BCUT2D eigenvalue weighted by molar-refractivity contribution is -0.117. The molecule has 2 aromatic carbocycles. The fourth-order valence-corrected chi connectivity index (χ4v) is 13.0. The second-order valence-electron chi connectivity index (χ2n) is 14.8. The SMILES string of the molecule is C#C[C@]1(O)CC[C@H]2[C@@H]3CCC4=CC(=O)CC[C@@H]4[C@H]3CC[C@@]21CC.O=S1(=O)Nc2ccc(-c3cccc(Cl)c3)cc2C12CCCCC2. The standard InChI is InChI=1S/C21H28O2.C18H18ClNO2S/c1-3-20-11-9-17-16-8-6-15(22)13-14(16)5-7-18(17)19(20)10-12-21(20,23)4-2;19-15-6-4-5-13(11-15)14-7-8-17-16(12-14)18(23(21,22)20-17)9-2-1-3-10-18/h2,13,16-19,23H,3,5-12H2,1H3;4-8,11-12,20H,1-3,9-10H2/t16-,17+,18+,19-,20-,21-;/m0./s1. The Morgan fingerprint density at radius 2 is 1.74 bits per heavy atom. The van der Waals surface area contributed by atoms with Gasteiger partial charge in [0.05, 0.1) is 5.69 Å². The first kappa shape index (κ1) is 32.0. The molecule has 0 unspecified atom stereocenters. The van der Waals surface area contributed by atoms with Crippen LogP contribution in [-0.2, 0) is 19.6 Å². The Morgan fingerprint density at radius 3 is 2.48 bits per heavy atom. The molecule has 6 atom stereocenters. The number of rotatable bonds is 2. The van der Waals surface area contributed by atoms with Crippen molar-refractivity contribution in [1.29, 1.82) is 0 Å². The van der Waals surface area contributed by atoms with E-state index in [2.05, 4.69) is 17.6 Å². The van der Waals surface area contributed by atoms with Crippen molar-refractivity contribution in [1.82, 2.24) is 0 Å². The molecule has 6 aliphatic rings. The molecule has 244 valence electrons. The summed E-state index contributed by atoms with van der Waals surface area (Å²) < 4.78 is 27.5. The summed E-state index contributed by atoms with van der Waals surface area (Å²) in [6.45, 7) is 2.22. The van der Waals surface area contributed by atoms with E-state index < -0.39 is 20.4 Å². The van der Waals surface area contributed by atoms with Crippen molar-refractivity contribution in [2.24, 2.45) is 29.1 Å². The van der Waals surface area contributed by atoms with Crippen molar-refractivity contribution >= 4 is 33.1 Å². The van der Waals surface area contributed by atoms with Crippen LogP contribution in [0.3, 0.4) is 0 Å². The molecule has 1 aliphatic heterocycles. The Labute approximate surface area is 279 Å². The lowest BCUT2D eigenvalue weighted by Crippen LogP contribution is -2.53. The maximum absolute atomic E-state index is 12.8. The number of anilines is 1. The lowest BCUT2D eigenvalue weighted by atomic mass is 9.49. The van der Waals surface area contributed by atoms with Crippen LogP contribution in [0, 0.1) is 41.4 Å². The van der Waals surface area contributed by atoms with Gasteiger partial charge in [-0.25, -0.2) is 8.42 Å². The fourth-order valence-electron chi connectivity index (χ4n) is 10.9. The molecule has 46 heavy (non-hydrogen) atoms. The topological polar surface area (TPSA) is 83.5 Å². The average Bonchev–Trinajstić information content (AvgIpc) is 3.48. The molecular weight excluding hydrogens is 614 g/mol. The zero-order valence-electron chi connectivity index (χ0n) is 26.9. The number of hydrogen-bond acceptors (Lipinski definition) is 4. The number of sulfonamides is 1. The molecule has 5 nitrogen and oxygen atoms in total. The molecule has 0 amide bonds. The molecule has 1 heterocycles. The number of aliphatic hydroxyl groups is 1. The minimum Gasteiger partial charge on any atom is -0.377 e. The van der Waals surface area contributed by atoms with E-state index >= 15 is 0 Å². The minimum atomic E-state index is -3.35. The van der Waals surface area contributed by atoms with E-state index in [0.29, 0.717) is 47.3 Å². The van der Waals surface area contributed by atoms with Crippen LogP contribution in [0.1, 0.15) is 102 Å². The molecule has 8 rings (SSSR count). The molecular formula is C39H46ClNO4S. The van der Waals surface area contributed by atoms with E-state index in [9.17, 15) is 18.3 Å². The number of terminal acetylenes is 1. The number of fused-ring (bicyclic) bond motifs is 7. The minimum absolute atomic E-state index is 0.0609.